The van der Waals surface area contributed by atoms with Crippen molar-refractivity contribution in [2.75, 3.05) is 12.4 Å². The molecule has 168 valence electrons. The SMILES string of the molecule is C=C/C(=C\N=C(CC)OC)Nc1nnc(-c2ccc3nc(-c4c(Cl)cccc4Cl)[nH]c3c2)o1. The van der Waals surface area contributed by atoms with Crippen LogP contribution in [0, 0.1) is 0 Å². The number of aliphatic imine (C=N–C) groups is 1. The van der Waals surface area contributed by atoms with Gasteiger partial charge in [-0.2, -0.15) is 0 Å². The Morgan fingerprint density at radius 2 is 2.03 bits per heavy atom. The number of nitrogens with zero attached hydrogens (tertiary/aromatic N) is 4. The Kier molecular flexibility index (Phi) is 6.76. The summed E-state index contributed by atoms with van der Waals surface area (Å²) in [6, 6.07) is 11.1. The third-order valence-corrected chi connectivity index (χ3v) is 5.34. The number of aromatic nitrogens is 4. The molecule has 4 rings (SSSR count). The number of rotatable bonds is 7. The van der Waals surface area contributed by atoms with E-state index in [1.165, 1.54) is 0 Å². The minimum Gasteiger partial charge on any atom is -0.484 e. The van der Waals surface area contributed by atoms with Gasteiger partial charge in [-0.3, -0.25) is 0 Å². The van der Waals surface area contributed by atoms with Crippen LogP contribution < -0.4 is 5.32 Å². The number of benzene rings is 2. The van der Waals surface area contributed by atoms with Gasteiger partial charge in [0.05, 0.1) is 45.6 Å². The van der Waals surface area contributed by atoms with Crippen LogP contribution in [-0.4, -0.2) is 33.2 Å². The number of hydrogen-bond donors (Lipinski definition) is 2. The van der Waals surface area contributed by atoms with Crippen LogP contribution in [0.3, 0.4) is 0 Å². The first kappa shape index (κ1) is 22.6. The second kappa shape index (κ2) is 9.89. The van der Waals surface area contributed by atoms with E-state index in [9.17, 15) is 0 Å². The molecule has 0 unspecified atom stereocenters. The zero-order valence-corrected chi connectivity index (χ0v) is 19.4. The molecule has 2 heterocycles. The molecule has 2 aromatic heterocycles. The number of nitrogens with one attached hydrogen (secondary N) is 2. The molecule has 0 aliphatic carbocycles. The summed E-state index contributed by atoms with van der Waals surface area (Å²) in [5.41, 5.74) is 3.48. The fourth-order valence-corrected chi connectivity index (χ4v) is 3.64. The van der Waals surface area contributed by atoms with Gasteiger partial charge in [-0.25, -0.2) is 9.98 Å². The number of H-pyrrole nitrogens is 1. The van der Waals surface area contributed by atoms with E-state index in [4.69, 9.17) is 32.4 Å². The van der Waals surface area contributed by atoms with Crippen LogP contribution in [0.5, 0.6) is 0 Å². The molecule has 0 saturated carbocycles. The molecule has 0 amide bonds. The van der Waals surface area contributed by atoms with Gasteiger partial charge < -0.3 is 19.5 Å². The minimum absolute atomic E-state index is 0.204. The number of aromatic amines is 1. The number of anilines is 1. The maximum atomic E-state index is 6.32. The Labute approximate surface area is 200 Å². The van der Waals surface area contributed by atoms with Gasteiger partial charge >= 0.3 is 6.01 Å². The average Bonchev–Trinajstić information content (AvgIpc) is 3.45. The zero-order valence-electron chi connectivity index (χ0n) is 17.9. The van der Waals surface area contributed by atoms with Crippen molar-refractivity contribution in [2.45, 2.75) is 13.3 Å². The van der Waals surface area contributed by atoms with Crippen LogP contribution in [0.15, 0.2) is 70.4 Å². The fourth-order valence-electron chi connectivity index (χ4n) is 3.06. The maximum absolute atomic E-state index is 6.32. The summed E-state index contributed by atoms with van der Waals surface area (Å²) in [4.78, 5) is 12.1. The molecule has 8 nitrogen and oxygen atoms in total. The highest BCUT2D eigenvalue weighted by atomic mass is 35.5. The Balaban J connectivity index is 1.60. The number of ether oxygens (including phenoxy) is 1. The molecule has 2 aromatic carbocycles. The highest BCUT2D eigenvalue weighted by Crippen LogP contribution is 2.34. The average molecular weight is 483 g/mol. The standard InChI is InChI=1S/C23H20Cl2N6O2/c1-4-14(12-26-19(5-2)32-3)27-23-31-30-22(33-23)13-9-10-17-18(11-13)29-21(28-17)20-15(24)7-6-8-16(20)25/h4,6-12H,1,5H2,2-3H3,(H,27,31)(H,28,29)/b14-12+,26-19?. The molecule has 10 heteroatoms. The van der Waals surface area contributed by atoms with Gasteiger partial charge in [0, 0.05) is 12.0 Å². The number of methoxy groups -OCH3 is 1. The molecule has 0 saturated heterocycles. The Morgan fingerprint density at radius 1 is 1.24 bits per heavy atom. The van der Waals surface area contributed by atoms with E-state index in [0.717, 1.165) is 16.6 Å². The van der Waals surface area contributed by atoms with Crippen molar-refractivity contribution in [1.82, 2.24) is 20.2 Å². The van der Waals surface area contributed by atoms with E-state index in [0.29, 0.717) is 45.3 Å². The molecular weight excluding hydrogens is 463 g/mol. The third-order valence-electron chi connectivity index (χ3n) is 4.71. The predicted octanol–water partition coefficient (Wildman–Crippen LogP) is 6.48. The Bertz CT molecular complexity index is 1350. The first-order chi connectivity index (χ1) is 16.0. The van der Waals surface area contributed by atoms with Crippen LogP contribution in [0.25, 0.3) is 33.9 Å². The molecule has 0 radical (unpaired) electrons. The lowest BCUT2D eigenvalue weighted by atomic mass is 10.2. The molecule has 0 fully saturated rings. The zero-order chi connectivity index (χ0) is 23.4. The second-order valence-corrected chi connectivity index (χ2v) is 7.63. The first-order valence-electron chi connectivity index (χ1n) is 10.0. The van der Waals surface area contributed by atoms with Crippen molar-refractivity contribution in [3.8, 4) is 22.8 Å². The van der Waals surface area contributed by atoms with Crippen molar-refractivity contribution < 1.29 is 9.15 Å². The lowest BCUT2D eigenvalue weighted by Gasteiger charge is -2.02. The van der Waals surface area contributed by atoms with E-state index >= 15 is 0 Å². The molecule has 0 atom stereocenters. The van der Waals surface area contributed by atoms with Gasteiger partial charge in [0.2, 0.25) is 5.89 Å². The van der Waals surface area contributed by atoms with Crippen molar-refractivity contribution >= 4 is 46.1 Å². The minimum atomic E-state index is 0.204. The summed E-state index contributed by atoms with van der Waals surface area (Å²) in [5.74, 6) is 1.51. The van der Waals surface area contributed by atoms with Crippen LogP contribution in [0.1, 0.15) is 13.3 Å². The first-order valence-corrected chi connectivity index (χ1v) is 10.8. The molecule has 4 aromatic rings. The van der Waals surface area contributed by atoms with Crippen molar-refractivity contribution in [3.05, 3.63) is 71.0 Å². The fraction of sp³-hybridized carbons (Fsp3) is 0.130. The van der Waals surface area contributed by atoms with E-state index in [2.05, 4.69) is 37.1 Å². The number of hydrogen-bond acceptors (Lipinski definition) is 7. The number of halogens is 2. The van der Waals surface area contributed by atoms with E-state index in [-0.39, 0.29) is 6.01 Å². The summed E-state index contributed by atoms with van der Waals surface area (Å²) < 4.78 is 10.9. The third kappa shape index (κ3) is 4.92. The second-order valence-electron chi connectivity index (χ2n) is 6.82. The lowest BCUT2D eigenvalue weighted by Crippen LogP contribution is -2.00. The van der Waals surface area contributed by atoms with Crippen molar-refractivity contribution in [3.63, 3.8) is 0 Å². The summed E-state index contributed by atoms with van der Waals surface area (Å²) in [6.45, 7) is 5.71. The quantitative estimate of drug-likeness (QED) is 0.177. The Hall–Kier alpha value is -3.62. The number of imidazole rings is 1. The number of allylic oxidation sites excluding steroid dienone is 1. The van der Waals surface area contributed by atoms with Crippen molar-refractivity contribution in [2.24, 2.45) is 4.99 Å². The smallest absolute Gasteiger partial charge is 0.320 e. The lowest BCUT2D eigenvalue weighted by molar-refractivity contribution is 0.392. The highest BCUT2D eigenvalue weighted by molar-refractivity contribution is 6.39. The molecule has 0 bridgehead atoms. The molecule has 2 N–H and O–H groups in total. The van der Waals surface area contributed by atoms with E-state index in [1.54, 1.807) is 37.6 Å². The van der Waals surface area contributed by atoms with Gasteiger partial charge in [0.25, 0.3) is 0 Å². The van der Waals surface area contributed by atoms with E-state index in [1.807, 2.05) is 25.1 Å². The summed E-state index contributed by atoms with van der Waals surface area (Å²) in [7, 11) is 1.57. The molecule has 0 aliphatic heterocycles. The van der Waals surface area contributed by atoms with Crippen LogP contribution in [-0.2, 0) is 4.74 Å². The van der Waals surface area contributed by atoms with E-state index < -0.39 is 0 Å². The molecule has 0 aliphatic rings. The van der Waals surface area contributed by atoms with Crippen LogP contribution >= 0.6 is 23.2 Å². The van der Waals surface area contributed by atoms with Crippen molar-refractivity contribution in [1.29, 1.82) is 0 Å². The highest BCUT2D eigenvalue weighted by Gasteiger charge is 2.15. The normalized spacial score (nSPS) is 12.2. The summed E-state index contributed by atoms with van der Waals surface area (Å²) in [6.07, 6.45) is 3.84. The molecule has 0 spiro atoms. The number of fused-ring (bicyclic) bond motifs is 1. The summed E-state index contributed by atoms with van der Waals surface area (Å²) in [5, 5.41) is 12.2. The van der Waals surface area contributed by atoms with Crippen LogP contribution in [0.2, 0.25) is 10.0 Å². The largest absolute Gasteiger partial charge is 0.484 e. The molecular formula is C23H20Cl2N6O2. The Morgan fingerprint density at radius 3 is 2.73 bits per heavy atom. The molecule has 33 heavy (non-hydrogen) atoms. The van der Waals surface area contributed by atoms with Crippen LogP contribution in [0.4, 0.5) is 6.01 Å². The van der Waals surface area contributed by atoms with Gasteiger partial charge in [0.15, 0.2) is 5.90 Å². The monoisotopic (exact) mass is 482 g/mol. The topological polar surface area (TPSA) is 101 Å². The van der Waals surface area contributed by atoms with Gasteiger partial charge in [-0.15, -0.1) is 5.10 Å². The predicted molar refractivity (Wildman–Crippen MR) is 131 cm³/mol. The van der Waals surface area contributed by atoms with Gasteiger partial charge in [-0.1, -0.05) is 47.9 Å². The summed E-state index contributed by atoms with van der Waals surface area (Å²) >= 11 is 12.6. The van der Waals surface area contributed by atoms with Gasteiger partial charge in [0.1, 0.15) is 5.82 Å². The van der Waals surface area contributed by atoms with Gasteiger partial charge in [-0.05, 0) is 36.4 Å². The maximum Gasteiger partial charge on any atom is 0.320 e.